The van der Waals surface area contributed by atoms with E-state index in [1.165, 1.54) is 12.1 Å². The lowest BCUT2D eigenvalue weighted by Gasteiger charge is -2.14. The minimum atomic E-state index is -4.40. The summed E-state index contributed by atoms with van der Waals surface area (Å²) in [7, 11) is 0. The second kappa shape index (κ2) is 14.1. The molecule has 0 fully saturated rings. The first-order chi connectivity index (χ1) is 20.9. The van der Waals surface area contributed by atoms with Crippen LogP contribution in [0.1, 0.15) is 48.4 Å². The first-order valence-corrected chi connectivity index (χ1v) is 14.0. The fourth-order valence-electron chi connectivity index (χ4n) is 4.50. The smallest absolute Gasteiger partial charge is 0.416 e. The third-order valence-electron chi connectivity index (χ3n) is 6.71. The molecule has 3 aromatic carbocycles. The van der Waals surface area contributed by atoms with Gasteiger partial charge in [0.15, 0.2) is 0 Å². The van der Waals surface area contributed by atoms with Crippen molar-refractivity contribution in [3.8, 4) is 28.3 Å². The molecule has 1 aromatic heterocycles. The van der Waals surface area contributed by atoms with E-state index in [1.807, 2.05) is 12.1 Å². The first-order valence-electron chi connectivity index (χ1n) is 14.0. The van der Waals surface area contributed by atoms with Crippen LogP contribution in [0.25, 0.3) is 22.6 Å². The third kappa shape index (κ3) is 8.85. The number of aliphatic carboxylic acids is 1. The average Bonchev–Trinajstić information content (AvgIpc) is 3.35. The van der Waals surface area contributed by atoms with Gasteiger partial charge in [-0.1, -0.05) is 30.3 Å². The standard InChI is InChI=1S/C33H33F3N2O6/c1-20(2)43-32(41)37-19-26-18-28(13-9-23(26)10-14-30(39)40)42-16-15-29-21(3)44-31(38-29)25-6-4-5-24(17-25)22-7-11-27(12-8-22)33(34,35)36/h4-9,11-13,17-18,20H,10,14-16,19H2,1-3H3,(H,37,41)(H,39,40). The third-order valence-corrected chi connectivity index (χ3v) is 6.71. The normalized spacial score (nSPS) is 11.4. The van der Waals surface area contributed by atoms with Gasteiger partial charge in [-0.3, -0.25) is 4.79 Å². The van der Waals surface area contributed by atoms with E-state index in [9.17, 15) is 22.8 Å². The Bertz CT molecular complexity index is 1600. The Morgan fingerprint density at radius 2 is 1.68 bits per heavy atom. The van der Waals surface area contributed by atoms with Crippen LogP contribution < -0.4 is 10.1 Å². The molecule has 8 nitrogen and oxygen atoms in total. The van der Waals surface area contributed by atoms with E-state index in [1.54, 1.807) is 51.1 Å². The van der Waals surface area contributed by atoms with Crippen molar-refractivity contribution < 1.29 is 41.8 Å². The van der Waals surface area contributed by atoms with Gasteiger partial charge >= 0.3 is 18.2 Å². The topological polar surface area (TPSA) is 111 Å². The van der Waals surface area contributed by atoms with Gasteiger partial charge in [-0.25, -0.2) is 9.78 Å². The lowest BCUT2D eigenvalue weighted by Crippen LogP contribution is -2.26. The number of halogens is 3. The molecule has 4 rings (SSSR count). The maximum Gasteiger partial charge on any atom is 0.416 e. The quantitative estimate of drug-likeness (QED) is 0.170. The summed E-state index contributed by atoms with van der Waals surface area (Å²) in [5.41, 5.74) is 3.53. The molecule has 0 aliphatic carbocycles. The number of benzene rings is 3. The van der Waals surface area contributed by atoms with Crippen LogP contribution in [0.5, 0.6) is 5.75 Å². The number of aryl methyl sites for hydroxylation is 2. The van der Waals surface area contributed by atoms with Crippen LogP contribution >= 0.6 is 0 Å². The summed E-state index contributed by atoms with van der Waals surface area (Å²) >= 11 is 0. The van der Waals surface area contributed by atoms with Crippen molar-refractivity contribution in [2.75, 3.05) is 6.61 Å². The van der Waals surface area contributed by atoms with Crippen LogP contribution in [-0.2, 0) is 35.1 Å². The highest BCUT2D eigenvalue weighted by atomic mass is 19.4. The van der Waals surface area contributed by atoms with E-state index in [2.05, 4.69) is 10.3 Å². The number of carbonyl (C=O) groups excluding carboxylic acids is 1. The van der Waals surface area contributed by atoms with Gasteiger partial charge in [-0.2, -0.15) is 13.2 Å². The van der Waals surface area contributed by atoms with Crippen molar-refractivity contribution in [3.05, 3.63) is 94.9 Å². The summed E-state index contributed by atoms with van der Waals surface area (Å²) in [4.78, 5) is 27.7. The predicted octanol–water partition coefficient (Wildman–Crippen LogP) is 7.61. The van der Waals surface area contributed by atoms with Crippen LogP contribution in [0.4, 0.5) is 18.0 Å². The molecule has 11 heteroatoms. The summed E-state index contributed by atoms with van der Waals surface area (Å²) in [5, 5.41) is 11.8. The number of carboxylic acids is 1. The predicted molar refractivity (Wildman–Crippen MR) is 157 cm³/mol. The molecule has 0 spiro atoms. The highest BCUT2D eigenvalue weighted by Crippen LogP contribution is 2.32. The Kier molecular flexibility index (Phi) is 10.3. The minimum absolute atomic E-state index is 0.0509. The Balaban J connectivity index is 1.42. The van der Waals surface area contributed by atoms with Crippen LogP contribution in [-0.4, -0.2) is 34.9 Å². The Hall–Kier alpha value is -4.80. The molecule has 0 saturated carbocycles. The summed E-state index contributed by atoms with van der Waals surface area (Å²) < 4.78 is 55.8. The van der Waals surface area contributed by atoms with Gasteiger partial charge in [0.2, 0.25) is 5.89 Å². The zero-order valence-corrected chi connectivity index (χ0v) is 24.5. The second-order valence-electron chi connectivity index (χ2n) is 10.4. The molecule has 1 heterocycles. The second-order valence-corrected chi connectivity index (χ2v) is 10.4. The number of oxazole rings is 1. The van der Waals surface area contributed by atoms with Crippen molar-refractivity contribution in [3.63, 3.8) is 0 Å². The maximum absolute atomic E-state index is 12.9. The summed E-state index contributed by atoms with van der Waals surface area (Å²) in [5.74, 6) is 0.623. The van der Waals surface area contributed by atoms with Gasteiger partial charge in [-0.05, 0) is 85.8 Å². The number of ether oxygens (including phenoxy) is 2. The number of carboxylic acid groups (broad SMARTS) is 1. The number of amides is 1. The van der Waals surface area contributed by atoms with E-state index >= 15 is 0 Å². The number of carbonyl (C=O) groups is 2. The lowest BCUT2D eigenvalue weighted by molar-refractivity contribution is -0.138. The molecule has 0 bridgehead atoms. The number of hydrogen-bond donors (Lipinski definition) is 2. The summed E-state index contributed by atoms with van der Waals surface area (Å²) in [6.07, 6.45) is -4.57. The van der Waals surface area contributed by atoms with Gasteiger partial charge in [0, 0.05) is 24.9 Å². The number of rotatable bonds is 12. The molecule has 44 heavy (non-hydrogen) atoms. The van der Waals surface area contributed by atoms with E-state index in [0.717, 1.165) is 28.8 Å². The minimum Gasteiger partial charge on any atom is -0.493 e. The number of nitrogens with zero attached hydrogens (tertiary/aromatic N) is 1. The molecular weight excluding hydrogens is 577 g/mol. The molecule has 232 valence electrons. The maximum atomic E-state index is 12.9. The number of hydrogen-bond acceptors (Lipinski definition) is 6. The SMILES string of the molecule is Cc1oc(-c2cccc(-c3ccc(C(F)(F)F)cc3)c2)nc1CCOc1ccc(CCC(=O)O)c(CNC(=O)OC(C)C)c1. The van der Waals surface area contributed by atoms with Gasteiger partial charge in [0.1, 0.15) is 11.5 Å². The van der Waals surface area contributed by atoms with Crippen molar-refractivity contribution in [2.24, 2.45) is 0 Å². The Morgan fingerprint density at radius 1 is 0.955 bits per heavy atom. The van der Waals surface area contributed by atoms with Crippen molar-refractivity contribution in [1.29, 1.82) is 0 Å². The fraction of sp³-hybridized carbons (Fsp3) is 0.303. The van der Waals surface area contributed by atoms with Crippen molar-refractivity contribution in [1.82, 2.24) is 10.3 Å². The summed E-state index contributed by atoms with van der Waals surface area (Å²) in [6, 6.07) is 17.5. The Morgan fingerprint density at radius 3 is 2.36 bits per heavy atom. The van der Waals surface area contributed by atoms with Crippen LogP contribution in [0, 0.1) is 6.92 Å². The molecule has 2 N–H and O–H groups in total. The van der Waals surface area contributed by atoms with E-state index < -0.39 is 23.8 Å². The zero-order chi connectivity index (χ0) is 31.9. The first kappa shape index (κ1) is 32.1. The van der Waals surface area contributed by atoms with E-state index in [-0.39, 0.29) is 25.7 Å². The lowest BCUT2D eigenvalue weighted by atomic mass is 10.0. The zero-order valence-electron chi connectivity index (χ0n) is 24.5. The molecule has 0 aliphatic rings. The van der Waals surface area contributed by atoms with Crippen molar-refractivity contribution >= 4 is 12.1 Å². The van der Waals surface area contributed by atoms with Gasteiger partial charge < -0.3 is 24.3 Å². The molecule has 0 saturated heterocycles. The molecule has 0 aliphatic heterocycles. The fourth-order valence-corrected chi connectivity index (χ4v) is 4.50. The molecule has 4 aromatic rings. The largest absolute Gasteiger partial charge is 0.493 e. The highest BCUT2D eigenvalue weighted by Gasteiger charge is 2.30. The van der Waals surface area contributed by atoms with Crippen molar-refractivity contribution in [2.45, 2.75) is 58.9 Å². The average molecular weight is 611 g/mol. The Labute approximate surface area is 252 Å². The van der Waals surface area contributed by atoms with Gasteiger partial charge in [0.05, 0.1) is 24.0 Å². The van der Waals surface area contributed by atoms with Crippen LogP contribution in [0.3, 0.4) is 0 Å². The number of aromatic nitrogens is 1. The van der Waals surface area contributed by atoms with Crippen LogP contribution in [0.15, 0.2) is 71.1 Å². The molecule has 0 atom stereocenters. The van der Waals surface area contributed by atoms with Gasteiger partial charge in [0.25, 0.3) is 0 Å². The highest BCUT2D eigenvalue weighted by molar-refractivity contribution is 5.70. The van der Waals surface area contributed by atoms with Crippen LogP contribution in [0.2, 0.25) is 0 Å². The molecule has 0 unspecified atom stereocenters. The van der Waals surface area contributed by atoms with Gasteiger partial charge in [-0.15, -0.1) is 0 Å². The molecule has 1 amide bonds. The van der Waals surface area contributed by atoms with E-state index in [0.29, 0.717) is 47.1 Å². The molecule has 0 radical (unpaired) electrons. The van der Waals surface area contributed by atoms with E-state index in [4.69, 9.17) is 19.0 Å². The number of nitrogens with one attached hydrogen (secondary N) is 1. The number of alkyl halides is 3. The molecular formula is C33H33F3N2O6. The summed E-state index contributed by atoms with van der Waals surface area (Å²) in [6.45, 7) is 5.70. The number of alkyl carbamates (subject to hydrolysis) is 1. The monoisotopic (exact) mass is 610 g/mol.